The van der Waals surface area contributed by atoms with Crippen LogP contribution in [-0.4, -0.2) is 28.2 Å². The van der Waals surface area contributed by atoms with Crippen molar-refractivity contribution >= 4 is 46.3 Å². The number of thioether (sulfide) groups is 1. The lowest BCUT2D eigenvalue weighted by molar-refractivity contribution is -0.113. The van der Waals surface area contributed by atoms with Gasteiger partial charge in [0.2, 0.25) is 5.91 Å². The maximum absolute atomic E-state index is 12.2. The summed E-state index contributed by atoms with van der Waals surface area (Å²) in [6.45, 7) is -2.97. The summed E-state index contributed by atoms with van der Waals surface area (Å²) in [6.07, 6.45) is 1.64. The number of benzene rings is 1. The van der Waals surface area contributed by atoms with Crippen molar-refractivity contribution in [2.24, 2.45) is 0 Å². The minimum Gasteiger partial charge on any atom is -0.433 e. The molecule has 0 aliphatic carbocycles. The monoisotopic (exact) mass is 427 g/mol. The highest BCUT2D eigenvalue weighted by molar-refractivity contribution is 7.99. The summed E-state index contributed by atoms with van der Waals surface area (Å²) in [6, 6.07) is 9.74. The molecule has 2 aromatic heterocycles. The molecule has 3 aromatic rings. The fourth-order valence-electron chi connectivity index (χ4n) is 2.07. The van der Waals surface area contributed by atoms with Gasteiger partial charge in [-0.25, -0.2) is 9.97 Å². The lowest BCUT2D eigenvalue weighted by Gasteiger charge is -2.09. The van der Waals surface area contributed by atoms with E-state index in [9.17, 15) is 13.6 Å². The fraction of sp³-hybridized carbons (Fsp3) is 0.118. The third kappa shape index (κ3) is 5.62. The van der Waals surface area contributed by atoms with Gasteiger partial charge in [0.25, 0.3) is 0 Å². The molecule has 0 radical (unpaired) electrons. The lowest BCUT2D eigenvalue weighted by atomic mass is 10.3. The van der Waals surface area contributed by atoms with Crippen LogP contribution in [0.3, 0.4) is 0 Å². The Morgan fingerprint density at radius 1 is 1.33 bits per heavy atom. The number of alkyl halides is 2. The number of carbonyl (C=O) groups is 1. The Morgan fingerprint density at radius 3 is 2.89 bits per heavy atom. The number of ether oxygens (including phenoxy) is 1. The SMILES string of the molecule is O=C(CSc1nccc(-c2cccs2)n1)Nc1ccc(OC(F)F)c(Cl)c1. The number of aromatic nitrogens is 2. The number of nitrogens with one attached hydrogen (secondary N) is 1. The number of anilines is 1. The standard InChI is InChI=1S/C17H12ClF2N3O2S2/c18-11-8-10(3-4-13(11)25-16(19)20)22-15(24)9-27-17-21-6-5-12(23-17)14-2-1-7-26-14/h1-8,16H,9H2,(H,22,24). The van der Waals surface area contributed by atoms with Crippen LogP contribution in [0.4, 0.5) is 14.5 Å². The Balaban J connectivity index is 1.57. The Bertz CT molecular complexity index is 926. The van der Waals surface area contributed by atoms with Gasteiger partial charge in [0.15, 0.2) is 5.16 Å². The van der Waals surface area contributed by atoms with E-state index in [0.717, 1.165) is 10.6 Å². The van der Waals surface area contributed by atoms with Gasteiger partial charge in [-0.2, -0.15) is 8.78 Å². The third-order valence-corrected chi connectivity index (χ3v) is 5.22. The Labute approximate surface area is 166 Å². The zero-order valence-electron chi connectivity index (χ0n) is 13.6. The van der Waals surface area contributed by atoms with Crippen LogP contribution in [0.1, 0.15) is 0 Å². The van der Waals surface area contributed by atoms with Crippen LogP contribution in [0.25, 0.3) is 10.6 Å². The highest BCUT2D eigenvalue weighted by Crippen LogP contribution is 2.29. The van der Waals surface area contributed by atoms with Crippen LogP contribution < -0.4 is 10.1 Å². The second kappa shape index (κ2) is 9.12. The number of hydrogen-bond acceptors (Lipinski definition) is 6. The van der Waals surface area contributed by atoms with E-state index in [-0.39, 0.29) is 22.4 Å². The number of halogens is 3. The largest absolute Gasteiger partial charge is 0.433 e. The number of amides is 1. The predicted octanol–water partition coefficient (Wildman–Crippen LogP) is 5.19. The fourth-order valence-corrected chi connectivity index (χ4v) is 3.62. The van der Waals surface area contributed by atoms with Crippen LogP contribution in [-0.2, 0) is 4.79 Å². The van der Waals surface area contributed by atoms with Gasteiger partial charge in [-0.15, -0.1) is 11.3 Å². The molecule has 0 unspecified atom stereocenters. The minimum absolute atomic E-state index is 0.0206. The van der Waals surface area contributed by atoms with Gasteiger partial charge in [-0.1, -0.05) is 29.4 Å². The van der Waals surface area contributed by atoms with Crippen molar-refractivity contribution in [3.05, 3.63) is 53.0 Å². The zero-order valence-corrected chi connectivity index (χ0v) is 16.0. The van der Waals surface area contributed by atoms with E-state index in [0.29, 0.717) is 10.8 Å². The maximum Gasteiger partial charge on any atom is 0.387 e. The molecule has 10 heteroatoms. The van der Waals surface area contributed by atoms with E-state index >= 15 is 0 Å². The van der Waals surface area contributed by atoms with Crippen molar-refractivity contribution in [2.45, 2.75) is 11.8 Å². The number of nitrogens with zero attached hydrogens (tertiary/aromatic N) is 2. The molecule has 0 spiro atoms. The Hall–Kier alpha value is -2.23. The van der Waals surface area contributed by atoms with Gasteiger partial charge in [0, 0.05) is 11.9 Å². The molecular formula is C17H12ClF2N3O2S2. The van der Waals surface area contributed by atoms with Crippen LogP contribution in [0.5, 0.6) is 5.75 Å². The first-order chi connectivity index (χ1) is 13.0. The van der Waals surface area contributed by atoms with Gasteiger partial charge in [0.05, 0.1) is 21.3 Å². The first-order valence-corrected chi connectivity index (χ1v) is 9.79. The van der Waals surface area contributed by atoms with Crippen LogP contribution >= 0.6 is 34.7 Å². The summed E-state index contributed by atoms with van der Waals surface area (Å²) in [5.41, 5.74) is 1.17. The van der Waals surface area contributed by atoms with Crippen molar-refractivity contribution in [3.8, 4) is 16.3 Å². The summed E-state index contributed by atoms with van der Waals surface area (Å²) in [5, 5.41) is 5.05. The number of hydrogen-bond donors (Lipinski definition) is 1. The van der Waals surface area contributed by atoms with Crippen LogP contribution in [0.15, 0.2) is 53.1 Å². The number of thiophene rings is 1. The topological polar surface area (TPSA) is 64.1 Å². The van der Waals surface area contributed by atoms with E-state index in [2.05, 4.69) is 20.0 Å². The van der Waals surface area contributed by atoms with E-state index in [4.69, 9.17) is 11.6 Å². The molecule has 0 aliphatic heterocycles. The molecule has 1 N–H and O–H groups in total. The molecule has 5 nitrogen and oxygen atoms in total. The van der Waals surface area contributed by atoms with Gasteiger partial charge < -0.3 is 10.1 Å². The van der Waals surface area contributed by atoms with Crippen molar-refractivity contribution < 1.29 is 18.3 Å². The Morgan fingerprint density at radius 2 is 2.19 bits per heavy atom. The molecule has 0 saturated carbocycles. The van der Waals surface area contributed by atoms with Crippen LogP contribution in [0, 0.1) is 0 Å². The molecule has 0 aliphatic rings. The Kier molecular flexibility index (Phi) is 6.59. The van der Waals surface area contributed by atoms with E-state index in [1.54, 1.807) is 23.6 Å². The van der Waals surface area contributed by atoms with E-state index < -0.39 is 6.61 Å². The minimum atomic E-state index is -2.97. The molecule has 140 valence electrons. The van der Waals surface area contributed by atoms with Gasteiger partial charge in [-0.05, 0) is 35.7 Å². The predicted molar refractivity (Wildman–Crippen MR) is 103 cm³/mol. The molecule has 0 saturated heterocycles. The van der Waals surface area contributed by atoms with Crippen molar-refractivity contribution in [3.63, 3.8) is 0 Å². The molecule has 27 heavy (non-hydrogen) atoms. The first-order valence-electron chi connectivity index (χ1n) is 7.55. The summed E-state index contributed by atoms with van der Waals surface area (Å²) >= 11 is 8.62. The third-order valence-electron chi connectivity index (χ3n) is 3.17. The van der Waals surface area contributed by atoms with E-state index in [1.165, 1.54) is 30.0 Å². The van der Waals surface area contributed by atoms with Crippen LogP contribution in [0.2, 0.25) is 5.02 Å². The zero-order chi connectivity index (χ0) is 19.2. The molecule has 0 fully saturated rings. The van der Waals surface area contributed by atoms with Crippen molar-refractivity contribution in [1.29, 1.82) is 0 Å². The summed E-state index contributed by atoms with van der Waals surface area (Å²) in [7, 11) is 0. The quantitative estimate of drug-likeness (QED) is 0.415. The average molecular weight is 428 g/mol. The summed E-state index contributed by atoms with van der Waals surface area (Å²) < 4.78 is 28.7. The molecular weight excluding hydrogens is 416 g/mol. The molecule has 1 amide bonds. The normalized spacial score (nSPS) is 10.8. The molecule has 0 atom stereocenters. The van der Waals surface area contributed by atoms with Crippen molar-refractivity contribution in [1.82, 2.24) is 9.97 Å². The summed E-state index contributed by atoms with van der Waals surface area (Å²) in [5.74, 6) is -0.373. The van der Waals surface area contributed by atoms with E-state index in [1.807, 2.05) is 17.5 Å². The first kappa shape index (κ1) is 19.5. The highest BCUT2D eigenvalue weighted by Gasteiger charge is 2.11. The second-order valence-corrected chi connectivity index (χ2v) is 7.36. The molecule has 0 bridgehead atoms. The summed E-state index contributed by atoms with van der Waals surface area (Å²) in [4.78, 5) is 21.7. The van der Waals surface area contributed by atoms with Crippen molar-refractivity contribution in [2.75, 3.05) is 11.1 Å². The highest BCUT2D eigenvalue weighted by atomic mass is 35.5. The smallest absolute Gasteiger partial charge is 0.387 e. The molecule has 3 rings (SSSR count). The lowest BCUT2D eigenvalue weighted by Crippen LogP contribution is -2.14. The number of carbonyl (C=O) groups excluding carboxylic acids is 1. The molecule has 2 heterocycles. The number of rotatable bonds is 7. The van der Waals surface area contributed by atoms with Gasteiger partial charge >= 0.3 is 6.61 Å². The average Bonchev–Trinajstić information content (AvgIpc) is 3.17. The maximum atomic E-state index is 12.2. The molecule has 1 aromatic carbocycles. The van der Waals surface area contributed by atoms with Gasteiger partial charge in [-0.3, -0.25) is 4.79 Å². The second-order valence-electron chi connectivity index (χ2n) is 5.06. The van der Waals surface area contributed by atoms with Gasteiger partial charge in [0.1, 0.15) is 5.75 Å².